The molecular formula is C19H16N4O. The number of nitrogens with one attached hydrogen (secondary N) is 1. The maximum absolute atomic E-state index is 12.2. The van der Waals surface area contributed by atoms with Gasteiger partial charge >= 0.3 is 0 Å². The van der Waals surface area contributed by atoms with Gasteiger partial charge in [-0.25, -0.2) is 0 Å². The molecule has 5 nitrogen and oxygen atoms in total. The summed E-state index contributed by atoms with van der Waals surface area (Å²) in [5.74, 6) is -0.223. The summed E-state index contributed by atoms with van der Waals surface area (Å²) in [6.07, 6.45) is 0. The lowest BCUT2D eigenvalue weighted by atomic mass is 10.2. The highest BCUT2D eigenvalue weighted by Gasteiger charge is 2.07. The third kappa shape index (κ3) is 3.84. The normalized spacial score (nSPS) is 10.7. The molecule has 3 rings (SSSR count). The topological polar surface area (TPSA) is 79.8 Å². The number of azo groups is 1. The van der Waals surface area contributed by atoms with Crippen LogP contribution in [0.3, 0.4) is 0 Å². The predicted octanol–water partition coefficient (Wildman–Crippen LogP) is 4.94. The van der Waals surface area contributed by atoms with Gasteiger partial charge in [-0.15, -0.1) is 0 Å². The van der Waals surface area contributed by atoms with Gasteiger partial charge in [0.25, 0.3) is 5.91 Å². The van der Waals surface area contributed by atoms with Crippen LogP contribution in [0.1, 0.15) is 10.4 Å². The lowest BCUT2D eigenvalue weighted by Gasteiger charge is -2.07. The Labute approximate surface area is 139 Å². The fourth-order valence-electron chi connectivity index (χ4n) is 2.09. The second-order valence-electron chi connectivity index (χ2n) is 5.12. The molecule has 118 valence electrons. The molecule has 24 heavy (non-hydrogen) atoms. The monoisotopic (exact) mass is 316 g/mol. The van der Waals surface area contributed by atoms with Crippen LogP contribution in [0.25, 0.3) is 0 Å². The molecule has 0 aliphatic rings. The molecule has 3 N–H and O–H groups in total. The van der Waals surface area contributed by atoms with Crippen LogP contribution in [0.5, 0.6) is 0 Å². The number of nitrogens with two attached hydrogens (primary N) is 1. The van der Waals surface area contributed by atoms with Crippen molar-refractivity contribution in [3.63, 3.8) is 0 Å². The molecule has 0 unspecified atom stereocenters. The molecule has 5 heteroatoms. The zero-order chi connectivity index (χ0) is 16.8. The number of nitrogens with zero attached hydrogens (tertiary/aromatic N) is 2. The number of hydrogen-bond acceptors (Lipinski definition) is 4. The summed E-state index contributed by atoms with van der Waals surface area (Å²) >= 11 is 0. The minimum Gasteiger partial charge on any atom is -0.397 e. The van der Waals surface area contributed by atoms with Crippen LogP contribution in [0.2, 0.25) is 0 Å². The van der Waals surface area contributed by atoms with Crippen molar-refractivity contribution < 1.29 is 4.79 Å². The summed E-state index contributed by atoms with van der Waals surface area (Å²) in [5.41, 5.74) is 8.92. The molecule has 0 saturated heterocycles. The Hall–Kier alpha value is -3.47. The molecule has 0 bridgehead atoms. The first-order valence-corrected chi connectivity index (χ1v) is 7.45. The van der Waals surface area contributed by atoms with Gasteiger partial charge in [-0.05, 0) is 48.5 Å². The van der Waals surface area contributed by atoms with Gasteiger partial charge in [-0.1, -0.05) is 30.3 Å². The molecular weight excluding hydrogens is 300 g/mol. The van der Waals surface area contributed by atoms with Crippen LogP contribution < -0.4 is 11.1 Å². The first kappa shape index (κ1) is 15.4. The fourth-order valence-corrected chi connectivity index (χ4v) is 2.09. The molecule has 0 aromatic heterocycles. The third-order valence-corrected chi connectivity index (χ3v) is 3.38. The molecule has 0 atom stereocenters. The Morgan fingerprint density at radius 2 is 1.33 bits per heavy atom. The van der Waals surface area contributed by atoms with Crippen molar-refractivity contribution in [2.45, 2.75) is 0 Å². The molecule has 3 aromatic rings. The minimum atomic E-state index is -0.223. The van der Waals surface area contributed by atoms with E-state index in [-0.39, 0.29) is 5.91 Å². The molecule has 0 radical (unpaired) electrons. The predicted molar refractivity (Wildman–Crippen MR) is 95.9 cm³/mol. The highest BCUT2D eigenvalue weighted by atomic mass is 16.1. The van der Waals surface area contributed by atoms with E-state index in [0.717, 1.165) is 5.69 Å². The summed E-state index contributed by atoms with van der Waals surface area (Å²) < 4.78 is 0. The highest BCUT2D eigenvalue weighted by Crippen LogP contribution is 2.20. The van der Waals surface area contributed by atoms with Gasteiger partial charge in [0.2, 0.25) is 0 Å². The van der Waals surface area contributed by atoms with Gasteiger partial charge in [0.1, 0.15) is 0 Å². The van der Waals surface area contributed by atoms with Crippen molar-refractivity contribution in [2.75, 3.05) is 11.1 Å². The minimum absolute atomic E-state index is 0.223. The highest BCUT2D eigenvalue weighted by molar-refractivity contribution is 6.05. The van der Waals surface area contributed by atoms with Crippen molar-refractivity contribution in [3.8, 4) is 0 Å². The molecule has 0 fully saturated rings. The smallest absolute Gasteiger partial charge is 0.255 e. The number of hydrogen-bond donors (Lipinski definition) is 2. The average molecular weight is 316 g/mol. The summed E-state index contributed by atoms with van der Waals surface area (Å²) in [7, 11) is 0. The zero-order valence-electron chi connectivity index (χ0n) is 12.9. The number of para-hydroxylation sites is 2. The second kappa shape index (κ2) is 7.19. The lowest BCUT2D eigenvalue weighted by Crippen LogP contribution is -2.12. The van der Waals surface area contributed by atoms with Crippen molar-refractivity contribution in [3.05, 3.63) is 84.4 Å². The van der Waals surface area contributed by atoms with Crippen molar-refractivity contribution in [1.82, 2.24) is 0 Å². The quantitative estimate of drug-likeness (QED) is 0.528. The molecule has 0 aliphatic carbocycles. The standard InChI is InChI=1S/C19H16N4O/c20-17-8-4-5-9-18(17)21-19(24)14-10-12-16(13-11-14)23-22-15-6-2-1-3-7-15/h1-13H,20H2,(H,21,24). The van der Waals surface area contributed by atoms with Gasteiger partial charge in [0.15, 0.2) is 0 Å². The number of rotatable bonds is 4. The summed E-state index contributed by atoms with van der Waals surface area (Å²) in [5, 5.41) is 11.1. The Morgan fingerprint density at radius 3 is 2.00 bits per heavy atom. The maximum atomic E-state index is 12.2. The fraction of sp³-hybridized carbons (Fsp3) is 0. The van der Waals surface area contributed by atoms with Gasteiger partial charge in [-0.3, -0.25) is 4.79 Å². The Bertz CT molecular complexity index is 858. The first-order chi connectivity index (χ1) is 11.7. The van der Waals surface area contributed by atoms with E-state index in [1.54, 1.807) is 36.4 Å². The summed E-state index contributed by atoms with van der Waals surface area (Å²) in [6.45, 7) is 0. The zero-order valence-corrected chi connectivity index (χ0v) is 12.9. The van der Waals surface area contributed by atoms with Crippen molar-refractivity contribution >= 4 is 28.7 Å². The third-order valence-electron chi connectivity index (χ3n) is 3.38. The van der Waals surface area contributed by atoms with Crippen LogP contribution in [-0.4, -0.2) is 5.91 Å². The van der Waals surface area contributed by atoms with Crippen molar-refractivity contribution in [1.29, 1.82) is 0 Å². The van der Waals surface area contributed by atoms with E-state index in [0.29, 0.717) is 22.6 Å². The number of benzene rings is 3. The van der Waals surface area contributed by atoms with Gasteiger partial charge in [0.05, 0.1) is 22.7 Å². The molecule has 0 aliphatic heterocycles. The van der Waals surface area contributed by atoms with Gasteiger partial charge in [-0.2, -0.15) is 10.2 Å². The largest absolute Gasteiger partial charge is 0.397 e. The first-order valence-electron chi connectivity index (χ1n) is 7.45. The second-order valence-corrected chi connectivity index (χ2v) is 5.12. The summed E-state index contributed by atoms with van der Waals surface area (Å²) in [4.78, 5) is 12.2. The molecule has 0 heterocycles. The van der Waals surface area contributed by atoms with Gasteiger partial charge in [0, 0.05) is 5.56 Å². The van der Waals surface area contributed by atoms with E-state index in [2.05, 4.69) is 15.5 Å². The molecule has 3 aromatic carbocycles. The number of carbonyl (C=O) groups excluding carboxylic acids is 1. The Balaban J connectivity index is 1.69. The number of carbonyl (C=O) groups is 1. The SMILES string of the molecule is Nc1ccccc1NC(=O)c1ccc(N=Nc2ccccc2)cc1. The molecule has 0 saturated carbocycles. The van der Waals surface area contributed by atoms with Crippen LogP contribution in [0, 0.1) is 0 Å². The van der Waals surface area contributed by atoms with E-state index >= 15 is 0 Å². The summed E-state index contributed by atoms with van der Waals surface area (Å²) in [6, 6.07) is 23.5. The van der Waals surface area contributed by atoms with Crippen LogP contribution in [0.4, 0.5) is 22.7 Å². The average Bonchev–Trinajstić information content (AvgIpc) is 2.63. The maximum Gasteiger partial charge on any atom is 0.255 e. The number of amides is 1. The Morgan fingerprint density at radius 1 is 0.750 bits per heavy atom. The van der Waals surface area contributed by atoms with E-state index in [1.807, 2.05) is 42.5 Å². The Kier molecular flexibility index (Phi) is 4.62. The van der Waals surface area contributed by atoms with E-state index in [9.17, 15) is 4.79 Å². The number of anilines is 2. The molecule has 0 spiro atoms. The van der Waals surface area contributed by atoms with Crippen LogP contribution in [0.15, 0.2) is 89.1 Å². The van der Waals surface area contributed by atoms with Gasteiger partial charge < -0.3 is 11.1 Å². The van der Waals surface area contributed by atoms with E-state index in [4.69, 9.17) is 5.73 Å². The number of nitrogen functional groups attached to an aromatic ring is 1. The molecule has 1 amide bonds. The van der Waals surface area contributed by atoms with Crippen molar-refractivity contribution in [2.24, 2.45) is 10.2 Å². The van der Waals surface area contributed by atoms with Crippen LogP contribution >= 0.6 is 0 Å². The van der Waals surface area contributed by atoms with Crippen LogP contribution in [-0.2, 0) is 0 Å². The lowest BCUT2D eigenvalue weighted by molar-refractivity contribution is 0.102. The van der Waals surface area contributed by atoms with E-state index in [1.165, 1.54) is 0 Å². The van der Waals surface area contributed by atoms with E-state index < -0.39 is 0 Å².